The molecule has 18 heteroatoms. The number of carbonyl (C=O) groups excluding carboxylic acids is 3. The van der Waals surface area contributed by atoms with E-state index in [1.807, 2.05) is 0 Å². The van der Waals surface area contributed by atoms with Gasteiger partial charge in [-0.05, 0) is 141 Å². The molecule has 542 valence electrons. The molecule has 5 atom stereocenters. The number of aliphatic hydroxyl groups excluding tert-OH is 2. The van der Waals surface area contributed by atoms with Crippen molar-refractivity contribution < 1.29 is 75.8 Å². The molecule has 16 nitrogen and oxygen atoms in total. The van der Waals surface area contributed by atoms with E-state index >= 15 is 0 Å². The van der Waals surface area contributed by atoms with Crippen molar-refractivity contribution >= 4 is 33.6 Å². The van der Waals surface area contributed by atoms with Crippen LogP contribution < -0.4 is 0 Å². The van der Waals surface area contributed by atoms with Gasteiger partial charge in [0.05, 0.1) is 26.4 Å². The summed E-state index contributed by atoms with van der Waals surface area (Å²) >= 11 is 0. The summed E-state index contributed by atoms with van der Waals surface area (Å²) in [5.41, 5.74) is 0. The third-order valence-corrected chi connectivity index (χ3v) is 16.4. The molecule has 0 aliphatic rings. The maximum absolute atomic E-state index is 13.0. The second-order valence-electron chi connectivity index (χ2n) is 23.6. The zero-order valence-corrected chi connectivity index (χ0v) is 60.6. The molecule has 0 rings (SSSR count). The fraction of sp³-hybridized carbons (Fsp3) is 0.649. The SMILES string of the molecule is CC/C=C\C/C=C\C/C=C\C/C=C\C/C=C\CCCCCC(=O)OCC(COP(=O)(O)OCC(O)COP(=O)(O)OCC(O)COC(=O)CCCCCCCCC/C=C\C/C=C\C/C=C\C/C=C\CCCCC)OC(=O)CCCCCCCCC/C=C\C/C=C\C/C=C\CC. The monoisotopic (exact) mass is 1370 g/mol. The first-order valence-electron chi connectivity index (χ1n) is 36.1. The highest BCUT2D eigenvalue weighted by Crippen LogP contribution is 2.45. The summed E-state index contributed by atoms with van der Waals surface area (Å²) in [7, 11) is -9.81. The van der Waals surface area contributed by atoms with Gasteiger partial charge in [-0.1, -0.05) is 250 Å². The average Bonchev–Trinajstić information content (AvgIpc) is 2.35. The largest absolute Gasteiger partial charge is 0.472 e. The van der Waals surface area contributed by atoms with E-state index in [1.165, 1.54) is 25.7 Å². The Kier molecular flexibility index (Phi) is 66.0. The molecule has 0 radical (unpaired) electrons. The van der Waals surface area contributed by atoms with Crippen molar-refractivity contribution in [3.8, 4) is 0 Å². The van der Waals surface area contributed by atoms with Gasteiger partial charge >= 0.3 is 33.6 Å². The second-order valence-corrected chi connectivity index (χ2v) is 26.5. The number of hydrogen-bond acceptors (Lipinski definition) is 14. The molecule has 95 heavy (non-hydrogen) atoms. The summed E-state index contributed by atoms with van der Waals surface area (Å²) in [4.78, 5) is 58.5. The lowest BCUT2D eigenvalue weighted by atomic mass is 10.1. The number of allylic oxidation sites excluding steroid dienone is 24. The number of rotatable bonds is 67. The van der Waals surface area contributed by atoms with E-state index in [9.17, 15) is 43.5 Å². The van der Waals surface area contributed by atoms with Gasteiger partial charge in [-0.3, -0.25) is 32.5 Å². The van der Waals surface area contributed by atoms with Gasteiger partial charge in [0.15, 0.2) is 6.10 Å². The predicted molar refractivity (Wildman–Crippen MR) is 389 cm³/mol. The van der Waals surface area contributed by atoms with Gasteiger partial charge < -0.3 is 34.2 Å². The first kappa shape index (κ1) is 90.4. The van der Waals surface area contributed by atoms with Crippen LogP contribution in [0, 0.1) is 0 Å². The molecule has 4 N–H and O–H groups in total. The van der Waals surface area contributed by atoms with Crippen LogP contribution in [0.25, 0.3) is 0 Å². The van der Waals surface area contributed by atoms with E-state index in [2.05, 4.69) is 167 Å². The normalized spacial score (nSPS) is 15.0. The van der Waals surface area contributed by atoms with E-state index in [-0.39, 0.29) is 19.3 Å². The summed E-state index contributed by atoms with van der Waals surface area (Å²) in [6.07, 6.45) is 83.1. The molecule has 0 fully saturated rings. The minimum absolute atomic E-state index is 0.0803. The third kappa shape index (κ3) is 70.6. The fourth-order valence-electron chi connectivity index (χ4n) is 9.06. The van der Waals surface area contributed by atoms with E-state index < -0.39 is 91.5 Å². The maximum atomic E-state index is 13.0. The van der Waals surface area contributed by atoms with Crippen LogP contribution in [-0.4, -0.2) is 95.9 Å². The molecule has 0 heterocycles. The number of hydrogen-bond donors (Lipinski definition) is 4. The van der Waals surface area contributed by atoms with E-state index in [0.29, 0.717) is 19.3 Å². The number of phosphoric acid groups is 2. The third-order valence-electron chi connectivity index (χ3n) is 14.5. The van der Waals surface area contributed by atoms with Crippen LogP contribution in [0.2, 0.25) is 0 Å². The lowest BCUT2D eigenvalue weighted by molar-refractivity contribution is -0.161. The first-order valence-corrected chi connectivity index (χ1v) is 39.1. The highest BCUT2D eigenvalue weighted by Gasteiger charge is 2.29. The minimum Gasteiger partial charge on any atom is -0.463 e. The number of aliphatic hydroxyl groups is 2. The summed E-state index contributed by atoms with van der Waals surface area (Å²) < 4.78 is 61.0. The summed E-state index contributed by atoms with van der Waals surface area (Å²) in [5, 5.41) is 20.6. The van der Waals surface area contributed by atoms with Crippen molar-refractivity contribution in [2.45, 2.75) is 283 Å². The highest BCUT2D eigenvalue weighted by molar-refractivity contribution is 7.47. The van der Waals surface area contributed by atoms with Crippen LogP contribution in [0.5, 0.6) is 0 Å². The molecule has 0 saturated heterocycles. The Morgan fingerprint density at radius 3 is 0.895 bits per heavy atom. The van der Waals surface area contributed by atoms with Crippen LogP contribution in [0.3, 0.4) is 0 Å². The molecular weight excluding hydrogens is 1240 g/mol. The number of phosphoric ester groups is 2. The standard InChI is InChI=1S/C77H128O16P2/c1-4-7-10-13-16-19-22-25-28-31-33-34-35-36-38-41-42-45-48-51-54-57-60-63-75(80)87-66-72(78)67-89-94(83,84)90-68-73(79)69-91-95(85,86)92-71-74(93-77(82)65-62-59-56-53-50-47-44-39-30-27-24-21-18-15-12-9-6-3)70-88-76(81)64-61-58-55-52-49-46-43-40-37-32-29-26-23-20-17-14-11-8-5-2/h8-9,11-12,16-21,25-30,33-34,36-38,40,46,49,72-74,78-79H,4-7,10,13-15,22-24,31-32,35,39,41-45,47-48,50-71H2,1-3H3,(H,83,84)(H,85,86)/b11-8-,12-9-,19-16-,20-17-,21-18-,28-25-,29-26-,30-27-,34-33-,38-36-,40-37-,49-46-. The quantitative estimate of drug-likeness (QED) is 0.0146. The molecule has 0 saturated carbocycles. The van der Waals surface area contributed by atoms with Gasteiger partial charge in [0, 0.05) is 19.3 Å². The average molecular weight is 1370 g/mol. The zero-order valence-electron chi connectivity index (χ0n) is 58.8. The van der Waals surface area contributed by atoms with Crippen LogP contribution in [0.15, 0.2) is 146 Å². The van der Waals surface area contributed by atoms with Crippen molar-refractivity contribution in [3.63, 3.8) is 0 Å². The molecule has 0 aromatic rings. The van der Waals surface area contributed by atoms with Crippen molar-refractivity contribution in [3.05, 3.63) is 146 Å². The fourth-order valence-corrected chi connectivity index (χ4v) is 10.6. The Balaban J connectivity index is 4.71. The van der Waals surface area contributed by atoms with E-state index in [1.54, 1.807) is 0 Å². The first-order chi connectivity index (χ1) is 46.2. The molecule has 0 aliphatic heterocycles. The molecule has 0 aromatic carbocycles. The summed E-state index contributed by atoms with van der Waals surface area (Å²) in [6, 6.07) is 0. The Morgan fingerprint density at radius 2 is 0.558 bits per heavy atom. The smallest absolute Gasteiger partial charge is 0.463 e. The Hall–Kier alpha value is -4.57. The highest BCUT2D eigenvalue weighted by atomic mass is 31.2. The van der Waals surface area contributed by atoms with Gasteiger partial charge in [0.1, 0.15) is 25.4 Å². The second kappa shape index (κ2) is 69.3. The Bertz CT molecular complexity index is 2310. The Morgan fingerprint density at radius 1 is 0.305 bits per heavy atom. The van der Waals surface area contributed by atoms with Crippen molar-refractivity contribution in [2.24, 2.45) is 0 Å². The van der Waals surface area contributed by atoms with Crippen LogP contribution >= 0.6 is 15.6 Å². The predicted octanol–water partition coefficient (Wildman–Crippen LogP) is 20.5. The maximum Gasteiger partial charge on any atom is 0.472 e. The van der Waals surface area contributed by atoms with E-state index in [4.69, 9.17) is 32.3 Å². The van der Waals surface area contributed by atoms with Crippen LogP contribution in [-0.2, 0) is 55.8 Å². The van der Waals surface area contributed by atoms with Crippen molar-refractivity contribution in [2.75, 3.05) is 39.6 Å². The zero-order chi connectivity index (χ0) is 69.5. The molecule has 0 spiro atoms. The van der Waals surface area contributed by atoms with Crippen LogP contribution in [0.4, 0.5) is 0 Å². The Labute approximate surface area is 575 Å². The number of carbonyl (C=O) groups is 3. The van der Waals surface area contributed by atoms with Gasteiger partial charge in [0.25, 0.3) is 0 Å². The minimum atomic E-state index is -4.94. The topological polar surface area (TPSA) is 231 Å². The van der Waals surface area contributed by atoms with Gasteiger partial charge in [-0.15, -0.1) is 0 Å². The van der Waals surface area contributed by atoms with Crippen LogP contribution in [0.1, 0.15) is 265 Å². The number of ether oxygens (including phenoxy) is 3. The van der Waals surface area contributed by atoms with Gasteiger partial charge in [-0.2, -0.15) is 0 Å². The van der Waals surface area contributed by atoms with Crippen molar-refractivity contribution in [1.29, 1.82) is 0 Å². The molecule has 0 aliphatic carbocycles. The van der Waals surface area contributed by atoms with Gasteiger partial charge in [-0.25, -0.2) is 9.13 Å². The molecule has 5 unspecified atom stereocenters. The van der Waals surface area contributed by atoms with E-state index in [0.717, 1.165) is 180 Å². The molecule has 0 aromatic heterocycles. The molecular formula is C77H128O16P2. The molecule has 0 amide bonds. The lowest BCUT2D eigenvalue weighted by Crippen LogP contribution is -2.30. The van der Waals surface area contributed by atoms with Gasteiger partial charge in [0.2, 0.25) is 0 Å². The summed E-state index contributed by atoms with van der Waals surface area (Å²) in [6.45, 7) is 2.34. The van der Waals surface area contributed by atoms with Crippen molar-refractivity contribution in [1.82, 2.24) is 0 Å². The lowest BCUT2D eigenvalue weighted by Gasteiger charge is -2.21. The number of unbranched alkanes of at least 4 members (excludes halogenated alkanes) is 20. The summed E-state index contributed by atoms with van der Waals surface area (Å²) in [5.74, 6) is -1.64. The molecule has 0 bridgehead atoms. The number of esters is 3.